The molecule has 2 aliphatic rings. The molecular weight excluding hydrogens is 162 g/mol. The topological polar surface area (TPSA) is 12.5 Å². The van der Waals surface area contributed by atoms with Crippen LogP contribution in [0.25, 0.3) is 0 Å². The molecule has 0 aromatic carbocycles. The number of nitrogens with zero attached hydrogens (tertiary/aromatic N) is 1. The van der Waals surface area contributed by atoms with E-state index in [-0.39, 0.29) is 0 Å². The van der Waals surface area contributed by atoms with Gasteiger partial charge in [-0.05, 0) is 52.6 Å². The summed E-state index contributed by atoms with van der Waals surface area (Å²) >= 11 is 0. The highest BCUT2D eigenvalue weighted by Crippen LogP contribution is 2.25. The second kappa shape index (κ2) is 3.97. The van der Waals surface area contributed by atoms with Crippen LogP contribution in [0.5, 0.6) is 0 Å². The van der Waals surface area contributed by atoms with Crippen molar-refractivity contribution in [1.82, 2.24) is 4.90 Å². The van der Waals surface area contributed by atoms with Crippen LogP contribution in [0, 0.1) is 0 Å². The monoisotopic (exact) mass is 183 g/mol. The van der Waals surface area contributed by atoms with Crippen LogP contribution in [0.4, 0.5) is 0 Å². The molecule has 0 bridgehead atoms. The van der Waals surface area contributed by atoms with E-state index >= 15 is 0 Å². The molecule has 0 amide bonds. The molecule has 0 radical (unpaired) electrons. The van der Waals surface area contributed by atoms with Crippen molar-refractivity contribution in [2.24, 2.45) is 0 Å². The second-order valence-corrected chi connectivity index (χ2v) is 4.63. The summed E-state index contributed by atoms with van der Waals surface area (Å²) in [6.45, 7) is 7.06. The largest absolute Gasteiger partial charge is 0.375 e. The van der Waals surface area contributed by atoms with Crippen molar-refractivity contribution in [2.45, 2.75) is 57.8 Å². The number of rotatable bonds is 1. The Hall–Kier alpha value is -0.0800. The number of likely N-dealkylation sites (tertiary alicyclic amines) is 1. The molecule has 2 unspecified atom stereocenters. The van der Waals surface area contributed by atoms with Crippen LogP contribution < -0.4 is 0 Å². The van der Waals surface area contributed by atoms with Crippen LogP contribution in [-0.2, 0) is 4.74 Å². The Morgan fingerprint density at radius 2 is 1.54 bits per heavy atom. The summed E-state index contributed by atoms with van der Waals surface area (Å²) in [6.07, 6.45) is 6.22. The summed E-state index contributed by atoms with van der Waals surface area (Å²) in [5.74, 6) is 0. The van der Waals surface area contributed by atoms with Gasteiger partial charge in [0, 0.05) is 6.04 Å². The average Bonchev–Trinajstić information content (AvgIpc) is 2.53. The molecule has 2 rings (SSSR count). The zero-order valence-electron chi connectivity index (χ0n) is 8.83. The van der Waals surface area contributed by atoms with Crippen LogP contribution in [-0.4, -0.2) is 36.2 Å². The van der Waals surface area contributed by atoms with Gasteiger partial charge in [-0.3, -0.25) is 0 Å². The van der Waals surface area contributed by atoms with Gasteiger partial charge < -0.3 is 9.64 Å². The first-order chi connectivity index (χ1) is 6.25. The SMILES string of the molecule is CC1CC(N2CCCC2)CC(C)O1. The standard InChI is InChI=1S/C11H21NO/c1-9-7-11(8-10(2)13-9)12-5-3-4-6-12/h9-11H,3-8H2,1-2H3. The van der Waals surface area contributed by atoms with Crippen molar-refractivity contribution in [2.75, 3.05) is 13.1 Å². The van der Waals surface area contributed by atoms with E-state index in [9.17, 15) is 0 Å². The fourth-order valence-electron chi connectivity index (χ4n) is 2.78. The highest BCUT2D eigenvalue weighted by atomic mass is 16.5. The van der Waals surface area contributed by atoms with Crippen LogP contribution in [0.15, 0.2) is 0 Å². The molecule has 2 saturated heterocycles. The van der Waals surface area contributed by atoms with E-state index < -0.39 is 0 Å². The summed E-state index contributed by atoms with van der Waals surface area (Å²) in [5, 5.41) is 0. The highest BCUT2D eigenvalue weighted by molar-refractivity contribution is 4.83. The molecule has 2 aliphatic heterocycles. The Morgan fingerprint density at radius 1 is 1.00 bits per heavy atom. The Labute approximate surface area is 81.3 Å². The maximum Gasteiger partial charge on any atom is 0.0565 e. The molecule has 2 heteroatoms. The number of hydrogen-bond acceptors (Lipinski definition) is 2. The van der Waals surface area contributed by atoms with E-state index in [2.05, 4.69) is 18.7 Å². The molecule has 0 aromatic heterocycles. The Balaban J connectivity index is 1.90. The molecule has 2 fully saturated rings. The van der Waals surface area contributed by atoms with Crippen molar-refractivity contribution in [3.05, 3.63) is 0 Å². The third kappa shape index (κ3) is 2.23. The van der Waals surface area contributed by atoms with Crippen molar-refractivity contribution < 1.29 is 4.74 Å². The van der Waals surface area contributed by atoms with Crippen molar-refractivity contribution >= 4 is 0 Å². The number of ether oxygens (including phenoxy) is 1. The maximum atomic E-state index is 5.75. The predicted molar refractivity (Wildman–Crippen MR) is 53.8 cm³/mol. The van der Waals surface area contributed by atoms with E-state index in [0.717, 1.165) is 6.04 Å². The zero-order chi connectivity index (χ0) is 9.26. The minimum atomic E-state index is 0.467. The average molecular weight is 183 g/mol. The van der Waals surface area contributed by atoms with Gasteiger partial charge in [0.2, 0.25) is 0 Å². The van der Waals surface area contributed by atoms with Gasteiger partial charge in [0.05, 0.1) is 12.2 Å². The molecule has 0 N–H and O–H groups in total. The van der Waals surface area contributed by atoms with Crippen LogP contribution in [0.2, 0.25) is 0 Å². The maximum absolute atomic E-state index is 5.75. The lowest BCUT2D eigenvalue weighted by molar-refractivity contribution is -0.0616. The molecular formula is C11H21NO. The molecule has 0 aromatic rings. The van der Waals surface area contributed by atoms with Gasteiger partial charge >= 0.3 is 0 Å². The quantitative estimate of drug-likeness (QED) is 0.617. The predicted octanol–water partition coefficient (Wildman–Crippen LogP) is 2.04. The summed E-state index contributed by atoms with van der Waals surface area (Å²) in [6, 6.07) is 0.807. The minimum Gasteiger partial charge on any atom is -0.375 e. The van der Waals surface area contributed by atoms with E-state index in [4.69, 9.17) is 4.74 Å². The van der Waals surface area contributed by atoms with Gasteiger partial charge in [-0.15, -0.1) is 0 Å². The van der Waals surface area contributed by atoms with Crippen LogP contribution >= 0.6 is 0 Å². The molecule has 76 valence electrons. The first-order valence-corrected chi connectivity index (χ1v) is 5.65. The molecule has 13 heavy (non-hydrogen) atoms. The fraction of sp³-hybridized carbons (Fsp3) is 1.00. The molecule has 0 spiro atoms. The zero-order valence-corrected chi connectivity index (χ0v) is 8.83. The first-order valence-electron chi connectivity index (χ1n) is 5.65. The fourth-order valence-corrected chi connectivity index (χ4v) is 2.78. The lowest BCUT2D eigenvalue weighted by atomic mass is 9.99. The van der Waals surface area contributed by atoms with E-state index in [0.29, 0.717) is 12.2 Å². The molecule has 2 heterocycles. The van der Waals surface area contributed by atoms with Gasteiger partial charge in [-0.1, -0.05) is 0 Å². The van der Waals surface area contributed by atoms with Crippen LogP contribution in [0.1, 0.15) is 39.5 Å². The van der Waals surface area contributed by atoms with Crippen molar-refractivity contribution in [3.63, 3.8) is 0 Å². The lowest BCUT2D eigenvalue weighted by Gasteiger charge is -2.37. The van der Waals surface area contributed by atoms with Crippen molar-refractivity contribution in [3.8, 4) is 0 Å². The lowest BCUT2D eigenvalue weighted by Crippen LogP contribution is -2.42. The minimum absolute atomic E-state index is 0.467. The van der Waals surface area contributed by atoms with E-state index in [1.165, 1.54) is 38.8 Å². The van der Waals surface area contributed by atoms with E-state index in [1.54, 1.807) is 0 Å². The van der Waals surface area contributed by atoms with Gasteiger partial charge in [-0.25, -0.2) is 0 Å². The Bertz CT molecular complexity index is 155. The summed E-state index contributed by atoms with van der Waals surface area (Å²) in [7, 11) is 0. The number of hydrogen-bond donors (Lipinski definition) is 0. The van der Waals surface area contributed by atoms with Crippen molar-refractivity contribution in [1.29, 1.82) is 0 Å². The molecule has 0 saturated carbocycles. The van der Waals surface area contributed by atoms with Gasteiger partial charge in [0.25, 0.3) is 0 Å². The van der Waals surface area contributed by atoms with Gasteiger partial charge in [-0.2, -0.15) is 0 Å². The smallest absolute Gasteiger partial charge is 0.0565 e. The summed E-state index contributed by atoms with van der Waals surface area (Å²) in [5.41, 5.74) is 0. The third-order valence-corrected chi connectivity index (χ3v) is 3.33. The Kier molecular flexibility index (Phi) is 2.89. The van der Waals surface area contributed by atoms with Gasteiger partial charge in [0.15, 0.2) is 0 Å². The van der Waals surface area contributed by atoms with E-state index in [1.807, 2.05) is 0 Å². The molecule has 2 nitrogen and oxygen atoms in total. The molecule has 2 atom stereocenters. The highest BCUT2D eigenvalue weighted by Gasteiger charge is 2.29. The summed E-state index contributed by atoms with van der Waals surface area (Å²) in [4.78, 5) is 2.66. The second-order valence-electron chi connectivity index (χ2n) is 4.63. The summed E-state index contributed by atoms with van der Waals surface area (Å²) < 4.78 is 5.75. The van der Waals surface area contributed by atoms with Gasteiger partial charge in [0.1, 0.15) is 0 Å². The third-order valence-electron chi connectivity index (χ3n) is 3.33. The normalized spacial score (nSPS) is 42.5. The molecule has 0 aliphatic carbocycles. The first kappa shape index (κ1) is 9.47. The van der Waals surface area contributed by atoms with Crippen LogP contribution in [0.3, 0.4) is 0 Å². The Morgan fingerprint density at radius 3 is 2.08 bits per heavy atom.